The van der Waals surface area contributed by atoms with Crippen LogP contribution in [0.4, 0.5) is 0 Å². The second-order valence-electron chi connectivity index (χ2n) is 8.08. The van der Waals surface area contributed by atoms with Gasteiger partial charge in [-0.15, -0.1) is 0 Å². The van der Waals surface area contributed by atoms with Crippen LogP contribution >= 0.6 is 0 Å². The minimum atomic E-state index is -0.521. The number of carbonyl (C=O) groups excluding carboxylic acids is 2. The zero-order chi connectivity index (χ0) is 16.9. The van der Waals surface area contributed by atoms with E-state index in [1.807, 2.05) is 6.92 Å². The quantitative estimate of drug-likeness (QED) is 0.703. The minimum absolute atomic E-state index is 0.156. The SMILES string of the molecule is CCC(C)C(C)(CC(C)C)C(=O)OC1C2CC3C(=O)OC1C3O2. The summed E-state index contributed by atoms with van der Waals surface area (Å²) in [5.74, 6) is 0.105. The van der Waals surface area contributed by atoms with E-state index >= 15 is 0 Å². The molecule has 2 bridgehead atoms. The Kier molecular flexibility index (Phi) is 4.20. The van der Waals surface area contributed by atoms with Crippen molar-refractivity contribution in [2.24, 2.45) is 23.2 Å². The van der Waals surface area contributed by atoms with Crippen molar-refractivity contribution in [3.8, 4) is 0 Å². The lowest BCUT2D eigenvalue weighted by atomic mass is 9.71. The molecule has 7 unspecified atom stereocenters. The van der Waals surface area contributed by atoms with Crippen LogP contribution in [0.5, 0.6) is 0 Å². The Morgan fingerprint density at radius 2 is 2.04 bits per heavy atom. The van der Waals surface area contributed by atoms with Gasteiger partial charge in [0, 0.05) is 0 Å². The standard InChI is InChI=1S/C18H28O5/c1-6-10(4)18(5,8-9(2)3)17(20)23-14-12-7-11-13(21-12)15(14)22-16(11)19/h9-15H,6-8H2,1-5H3. The first-order valence-electron chi connectivity index (χ1n) is 8.85. The summed E-state index contributed by atoms with van der Waals surface area (Å²) in [5.41, 5.74) is -0.521. The van der Waals surface area contributed by atoms with Crippen molar-refractivity contribution in [1.82, 2.24) is 0 Å². The second-order valence-corrected chi connectivity index (χ2v) is 8.08. The van der Waals surface area contributed by atoms with E-state index in [0.717, 1.165) is 12.8 Å². The van der Waals surface area contributed by atoms with Gasteiger partial charge < -0.3 is 14.2 Å². The Morgan fingerprint density at radius 1 is 1.35 bits per heavy atom. The summed E-state index contributed by atoms with van der Waals surface area (Å²) in [6.45, 7) is 10.4. The van der Waals surface area contributed by atoms with E-state index < -0.39 is 17.6 Å². The molecule has 7 atom stereocenters. The third kappa shape index (κ3) is 2.57. The molecular formula is C18H28O5. The summed E-state index contributed by atoms with van der Waals surface area (Å²) < 4.78 is 17.1. The molecule has 0 N–H and O–H groups in total. The molecule has 0 aromatic carbocycles. The smallest absolute Gasteiger partial charge is 0.312 e. The number of hydrogen-bond donors (Lipinski definition) is 0. The van der Waals surface area contributed by atoms with Gasteiger partial charge >= 0.3 is 11.9 Å². The summed E-state index contributed by atoms with van der Waals surface area (Å²) >= 11 is 0. The van der Waals surface area contributed by atoms with E-state index in [-0.39, 0.29) is 36.0 Å². The van der Waals surface area contributed by atoms with Crippen molar-refractivity contribution in [1.29, 1.82) is 0 Å². The summed E-state index contributed by atoms with van der Waals surface area (Å²) in [5, 5.41) is 0. The van der Waals surface area contributed by atoms with Crippen LogP contribution in [-0.2, 0) is 23.8 Å². The molecule has 0 aromatic heterocycles. The molecule has 3 aliphatic rings. The Hall–Kier alpha value is -1.10. The van der Waals surface area contributed by atoms with E-state index in [2.05, 4.69) is 27.7 Å². The normalized spacial score (nSPS) is 38.5. The third-order valence-corrected chi connectivity index (χ3v) is 6.03. The molecular weight excluding hydrogens is 296 g/mol. The van der Waals surface area contributed by atoms with Crippen molar-refractivity contribution >= 4 is 11.9 Å². The summed E-state index contributed by atoms with van der Waals surface area (Å²) in [6.07, 6.45) is 1.07. The monoisotopic (exact) mass is 324 g/mol. The molecule has 130 valence electrons. The average molecular weight is 324 g/mol. The van der Waals surface area contributed by atoms with Crippen LogP contribution in [0.15, 0.2) is 0 Å². The van der Waals surface area contributed by atoms with Crippen molar-refractivity contribution < 1.29 is 23.8 Å². The molecule has 3 fully saturated rings. The third-order valence-electron chi connectivity index (χ3n) is 6.03. The largest absolute Gasteiger partial charge is 0.455 e. The van der Waals surface area contributed by atoms with Gasteiger partial charge in [0.1, 0.15) is 6.10 Å². The fraction of sp³-hybridized carbons (Fsp3) is 0.889. The highest BCUT2D eigenvalue weighted by molar-refractivity contribution is 5.79. The van der Waals surface area contributed by atoms with Crippen LogP contribution in [0, 0.1) is 23.2 Å². The Morgan fingerprint density at radius 3 is 2.65 bits per heavy atom. The number of carbonyl (C=O) groups is 2. The zero-order valence-electron chi connectivity index (χ0n) is 14.7. The molecule has 0 amide bonds. The Balaban J connectivity index is 1.74. The van der Waals surface area contributed by atoms with Gasteiger partial charge in [-0.1, -0.05) is 34.1 Å². The van der Waals surface area contributed by atoms with Crippen LogP contribution in [-0.4, -0.2) is 36.4 Å². The summed E-state index contributed by atoms with van der Waals surface area (Å²) in [6, 6.07) is 0. The van der Waals surface area contributed by atoms with Gasteiger partial charge in [0.2, 0.25) is 0 Å². The van der Waals surface area contributed by atoms with Gasteiger partial charge in [0.05, 0.1) is 17.4 Å². The Bertz CT molecular complexity index is 502. The second kappa shape index (κ2) is 5.76. The molecule has 0 spiro atoms. The van der Waals surface area contributed by atoms with Gasteiger partial charge in [-0.3, -0.25) is 9.59 Å². The van der Waals surface area contributed by atoms with Crippen molar-refractivity contribution in [2.75, 3.05) is 0 Å². The lowest BCUT2D eigenvalue weighted by molar-refractivity contribution is -0.174. The first-order valence-corrected chi connectivity index (χ1v) is 8.85. The molecule has 23 heavy (non-hydrogen) atoms. The highest BCUT2D eigenvalue weighted by atomic mass is 16.7. The molecule has 3 heterocycles. The van der Waals surface area contributed by atoms with Crippen molar-refractivity contribution in [3.05, 3.63) is 0 Å². The van der Waals surface area contributed by atoms with E-state index in [1.165, 1.54) is 0 Å². The highest BCUT2D eigenvalue weighted by Crippen LogP contribution is 2.48. The molecule has 0 aliphatic carbocycles. The fourth-order valence-electron chi connectivity index (χ4n) is 4.42. The van der Waals surface area contributed by atoms with Crippen molar-refractivity contribution in [3.63, 3.8) is 0 Å². The first-order chi connectivity index (χ1) is 10.8. The van der Waals surface area contributed by atoms with Crippen LogP contribution in [0.2, 0.25) is 0 Å². The molecule has 5 heteroatoms. The van der Waals surface area contributed by atoms with E-state index in [9.17, 15) is 9.59 Å². The molecule has 5 nitrogen and oxygen atoms in total. The maximum absolute atomic E-state index is 13.0. The van der Waals surface area contributed by atoms with E-state index in [0.29, 0.717) is 12.3 Å². The summed E-state index contributed by atoms with van der Waals surface area (Å²) in [7, 11) is 0. The maximum atomic E-state index is 13.0. The fourth-order valence-corrected chi connectivity index (χ4v) is 4.42. The van der Waals surface area contributed by atoms with Crippen LogP contribution in [0.1, 0.15) is 53.9 Å². The highest BCUT2D eigenvalue weighted by Gasteiger charge is 2.65. The number of rotatable bonds is 6. The predicted octanol–water partition coefficient (Wildman–Crippen LogP) is 2.71. The van der Waals surface area contributed by atoms with E-state index in [1.54, 1.807) is 0 Å². The number of esters is 2. The molecule has 3 rings (SSSR count). The minimum Gasteiger partial charge on any atom is -0.455 e. The molecule has 3 saturated heterocycles. The van der Waals surface area contributed by atoms with Crippen LogP contribution in [0.3, 0.4) is 0 Å². The van der Waals surface area contributed by atoms with Gasteiger partial charge in [0.25, 0.3) is 0 Å². The summed E-state index contributed by atoms with van der Waals surface area (Å²) in [4.78, 5) is 24.7. The number of fused-ring (bicyclic) bond motifs is 1. The van der Waals surface area contributed by atoms with Gasteiger partial charge in [-0.05, 0) is 31.6 Å². The topological polar surface area (TPSA) is 61.8 Å². The lowest BCUT2D eigenvalue weighted by Crippen LogP contribution is -2.45. The lowest BCUT2D eigenvalue weighted by Gasteiger charge is -2.36. The molecule has 0 aromatic rings. The molecule has 0 saturated carbocycles. The number of ether oxygens (including phenoxy) is 3. The average Bonchev–Trinajstić information content (AvgIpc) is 3.10. The molecule has 0 radical (unpaired) electrons. The predicted molar refractivity (Wildman–Crippen MR) is 83.5 cm³/mol. The maximum Gasteiger partial charge on any atom is 0.312 e. The van der Waals surface area contributed by atoms with Gasteiger partial charge in [-0.25, -0.2) is 0 Å². The first kappa shape index (κ1) is 16.7. The van der Waals surface area contributed by atoms with E-state index in [4.69, 9.17) is 14.2 Å². The number of hydrogen-bond acceptors (Lipinski definition) is 5. The van der Waals surface area contributed by atoms with Crippen molar-refractivity contribution in [2.45, 2.75) is 78.3 Å². The zero-order valence-corrected chi connectivity index (χ0v) is 14.7. The molecule has 3 aliphatic heterocycles. The Labute approximate surface area is 138 Å². The van der Waals surface area contributed by atoms with Gasteiger partial charge in [0.15, 0.2) is 12.2 Å². The van der Waals surface area contributed by atoms with Crippen LogP contribution < -0.4 is 0 Å². The van der Waals surface area contributed by atoms with Crippen LogP contribution in [0.25, 0.3) is 0 Å². The van der Waals surface area contributed by atoms with Gasteiger partial charge in [-0.2, -0.15) is 0 Å².